The van der Waals surface area contributed by atoms with E-state index in [1.54, 1.807) is 47.6 Å². The van der Waals surface area contributed by atoms with E-state index in [-0.39, 0.29) is 0 Å². The molecule has 0 saturated heterocycles. The van der Waals surface area contributed by atoms with E-state index in [1.807, 2.05) is 31.3 Å². The van der Waals surface area contributed by atoms with Crippen LogP contribution >= 0.6 is 0 Å². The quantitative estimate of drug-likeness (QED) is 0.391. The summed E-state index contributed by atoms with van der Waals surface area (Å²) < 4.78 is 43.1. The minimum Gasteiger partial charge on any atom is -0.343 e. The number of nitrogens with one attached hydrogen (secondary N) is 1. The lowest BCUT2D eigenvalue weighted by Gasteiger charge is -2.17. The lowest BCUT2D eigenvalue weighted by atomic mass is 10.1. The standard InChI is InChI=1S/C25H22F3N7O2/c1-14-5-4-6-19-23(14)35(24(37)33(19)13-22(36)32-16(3)25(26,27)28)20-12-30-18(9-15(20)2)17-10-31-34-8-7-29-11-21(17)34/h4-12,16H,13H2,1-3H3,(H,32,36)/t16-/m1/s1. The van der Waals surface area contributed by atoms with Crippen LogP contribution in [0.25, 0.3) is 33.5 Å². The number of fused-ring (bicyclic) bond motifs is 2. The average Bonchev–Trinajstić information content (AvgIpc) is 3.39. The molecule has 12 heteroatoms. The molecule has 190 valence electrons. The summed E-state index contributed by atoms with van der Waals surface area (Å²) in [6.45, 7) is 3.94. The van der Waals surface area contributed by atoms with Gasteiger partial charge in [0.15, 0.2) is 0 Å². The number of para-hydroxylation sites is 1. The number of aryl methyl sites for hydroxylation is 2. The first-order valence-corrected chi connectivity index (χ1v) is 11.4. The highest BCUT2D eigenvalue weighted by molar-refractivity contribution is 5.85. The number of benzene rings is 1. The molecule has 0 aliphatic rings. The maximum absolute atomic E-state index is 13.6. The number of carbonyl (C=O) groups is 1. The van der Waals surface area contributed by atoms with E-state index in [0.717, 1.165) is 29.1 Å². The van der Waals surface area contributed by atoms with Crippen LogP contribution in [0.4, 0.5) is 13.2 Å². The Morgan fingerprint density at radius 1 is 1.11 bits per heavy atom. The Balaban J connectivity index is 1.59. The van der Waals surface area contributed by atoms with Gasteiger partial charge in [-0.05, 0) is 44.0 Å². The summed E-state index contributed by atoms with van der Waals surface area (Å²) in [4.78, 5) is 34.7. The molecule has 4 heterocycles. The van der Waals surface area contributed by atoms with Crippen molar-refractivity contribution in [2.45, 2.75) is 39.5 Å². The zero-order valence-electron chi connectivity index (χ0n) is 20.1. The van der Waals surface area contributed by atoms with Crippen molar-refractivity contribution in [3.8, 4) is 16.9 Å². The molecule has 1 aromatic carbocycles. The van der Waals surface area contributed by atoms with E-state index in [2.05, 4.69) is 15.1 Å². The third-order valence-corrected chi connectivity index (χ3v) is 6.25. The first-order chi connectivity index (χ1) is 17.6. The molecule has 0 aliphatic carbocycles. The molecule has 1 amide bonds. The third kappa shape index (κ3) is 4.24. The second-order valence-corrected chi connectivity index (χ2v) is 8.80. The number of aromatic nitrogens is 6. The summed E-state index contributed by atoms with van der Waals surface area (Å²) in [7, 11) is 0. The van der Waals surface area contributed by atoms with Gasteiger partial charge in [-0.1, -0.05) is 12.1 Å². The number of imidazole rings is 1. The van der Waals surface area contributed by atoms with Gasteiger partial charge in [0.1, 0.15) is 12.6 Å². The first-order valence-electron chi connectivity index (χ1n) is 11.4. The highest BCUT2D eigenvalue weighted by atomic mass is 19.4. The molecular formula is C25H22F3N7O2. The molecule has 4 aromatic heterocycles. The molecule has 37 heavy (non-hydrogen) atoms. The normalized spacial score (nSPS) is 12.8. The summed E-state index contributed by atoms with van der Waals surface area (Å²) in [5.74, 6) is -0.917. The van der Waals surface area contributed by atoms with E-state index in [4.69, 9.17) is 0 Å². The topological polar surface area (TPSA) is 99.1 Å². The average molecular weight is 509 g/mol. The first kappa shape index (κ1) is 24.2. The van der Waals surface area contributed by atoms with Gasteiger partial charge < -0.3 is 5.32 Å². The molecule has 1 atom stereocenters. The predicted octanol–water partition coefficient (Wildman–Crippen LogP) is 3.58. The van der Waals surface area contributed by atoms with E-state index in [0.29, 0.717) is 22.4 Å². The number of nitrogens with zero attached hydrogens (tertiary/aromatic N) is 6. The molecule has 1 N–H and O–H groups in total. The zero-order valence-corrected chi connectivity index (χ0v) is 20.1. The Hall–Kier alpha value is -4.48. The summed E-state index contributed by atoms with van der Waals surface area (Å²) in [5.41, 5.74) is 4.57. The van der Waals surface area contributed by atoms with Gasteiger partial charge in [-0.2, -0.15) is 18.3 Å². The summed E-state index contributed by atoms with van der Waals surface area (Å²) >= 11 is 0. The summed E-state index contributed by atoms with van der Waals surface area (Å²) in [5, 5.41) is 6.22. The van der Waals surface area contributed by atoms with Crippen molar-refractivity contribution in [1.82, 2.24) is 34.0 Å². The van der Waals surface area contributed by atoms with Gasteiger partial charge in [0.2, 0.25) is 5.91 Å². The van der Waals surface area contributed by atoms with Gasteiger partial charge in [-0.3, -0.25) is 23.9 Å². The Morgan fingerprint density at radius 3 is 2.62 bits per heavy atom. The van der Waals surface area contributed by atoms with Crippen LogP contribution in [0.1, 0.15) is 18.1 Å². The van der Waals surface area contributed by atoms with E-state index >= 15 is 0 Å². The maximum atomic E-state index is 13.6. The maximum Gasteiger partial charge on any atom is 0.408 e. The second kappa shape index (κ2) is 8.87. The highest BCUT2D eigenvalue weighted by Gasteiger charge is 2.37. The molecule has 0 unspecified atom stereocenters. The lowest BCUT2D eigenvalue weighted by Crippen LogP contribution is -2.45. The minimum atomic E-state index is -4.59. The van der Waals surface area contributed by atoms with E-state index in [1.165, 1.54) is 9.13 Å². The molecule has 0 radical (unpaired) electrons. The molecule has 0 bridgehead atoms. The number of carbonyl (C=O) groups excluding carboxylic acids is 1. The van der Waals surface area contributed by atoms with Crippen molar-refractivity contribution in [2.75, 3.05) is 0 Å². The lowest BCUT2D eigenvalue weighted by molar-refractivity contribution is -0.158. The number of hydrogen-bond acceptors (Lipinski definition) is 5. The Labute approximate surface area is 208 Å². The number of pyridine rings is 1. The van der Waals surface area contributed by atoms with Gasteiger partial charge >= 0.3 is 11.9 Å². The summed E-state index contributed by atoms with van der Waals surface area (Å²) in [6, 6.07) is 4.98. The summed E-state index contributed by atoms with van der Waals surface area (Å²) in [6.07, 6.45) is 3.68. The molecule has 5 aromatic rings. The van der Waals surface area contributed by atoms with Crippen LogP contribution in [0, 0.1) is 13.8 Å². The van der Waals surface area contributed by atoms with E-state index in [9.17, 15) is 22.8 Å². The number of alkyl halides is 3. The molecule has 5 rings (SSSR count). The smallest absolute Gasteiger partial charge is 0.343 e. The highest BCUT2D eigenvalue weighted by Crippen LogP contribution is 2.27. The second-order valence-electron chi connectivity index (χ2n) is 8.80. The van der Waals surface area contributed by atoms with Crippen LogP contribution in [0.2, 0.25) is 0 Å². The van der Waals surface area contributed by atoms with Gasteiger partial charge in [0.05, 0.1) is 46.5 Å². The molecule has 9 nitrogen and oxygen atoms in total. The van der Waals surface area contributed by atoms with Gasteiger partial charge in [-0.25, -0.2) is 9.31 Å². The van der Waals surface area contributed by atoms with Crippen molar-refractivity contribution >= 4 is 22.5 Å². The van der Waals surface area contributed by atoms with Crippen LogP contribution in [0.3, 0.4) is 0 Å². The fourth-order valence-corrected chi connectivity index (χ4v) is 4.32. The minimum absolute atomic E-state index is 0.428. The van der Waals surface area contributed by atoms with Crippen molar-refractivity contribution < 1.29 is 18.0 Å². The van der Waals surface area contributed by atoms with Crippen molar-refractivity contribution in [2.24, 2.45) is 0 Å². The predicted molar refractivity (Wildman–Crippen MR) is 130 cm³/mol. The largest absolute Gasteiger partial charge is 0.408 e. The molecular weight excluding hydrogens is 487 g/mol. The SMILES string of the molecule is Cc1cc(-c2cnn3ccncc23)ncc1-n1c(=O)n(CC(=O)N[C@H](C)C(F)(F)F)c2cccc(C)c21. The Bertz CT molecular complexity index is 1720. The van der Waals surface area contributed by atoms with Crippen LogP contribution < -0.4 is 11.0 Å². The van der Waals surface area contributed by atoms with Gasteiger partial charge in [0.25, 0.3) is 0 Å². The van der Waals surface area contributed by atoms with Gasteiger partial charge in [-0.15, -0.1) is 0 Å². The fraction of sp³-hybridized carbons (Fsp3) is 0.240. The number of halogens is 3. The fourth-order valence-electron chi connectivity index (χ4n) is 4.32. The van der Waals surface area contributed by atoms with Gasteiger partial charge in [0, 0.05) is 18.0 Å². The Morgan fingerprint density at radius 2 is 1.89 bits per heavy atom. The van der Waals surface area contributed by atoms with Crippen LogP contribution in [-0.2, 0) is 11.3 Å². The zero-order chi connectivity index (χ0) is 26.5. The number of rotatable bonds is 5. The molecule has 0 fully saturated rings. The monoisotopic (exact) mass is 509 g/mol. The van der Waals surface area contributed by atoms with Crippen LogP contribution in [0.15, 0.2) is 60.0 Å². The molecule has 0 aliphatic heterocycles. The van der Waals surface area contributed by atoms with Crippen LogP contribution in [-0.4, -0.2) is 46.8 Å². The number of amides is 1. The Kier molecular flexibility index (Phi) is 5.81. The van der Waals surface area contributed by atoms with Crippen molar-refractivity contribution in [3.63, 3.8) is 0 Å². The molecule has 0 saturated carbocycles. The third-order valence-electron chi connectivity index (χ3n) is 6.25. The van der Waals surface area contributed by atoms with Crippen molar-refractivity contribution in [3.05, 3.63) is 76.9 Å². The number of hydrogen-bond donors (Lipinski definition) is 1. The van der Waals surface area contributed by atoms with Crippen LogP contribution in [0.5, 0.6) is 0 Å². The molecule has 0 spiro atoms. The van der Waals surface area contributed by atoms with Crippen molar-refractivity contribution in [1.29, 1.82) is 0 Å². The van der Waals surface area contributed by atoms with E-state index < -0.39 is 30.4 Å².